The molecule has 3 heteroatoms. The van der Waals surface area contributed by atoms with Gasteiger partial charge < -0.3 is 5.43 Å². The molecule has 52 valence electrons. The maximum Gasteiger partial charge on any atom is 0.110 e. The molecule has 0 aromatic heterocycles. The summed E-state index contributed by atoms with van der Waals surface area (Å²) in [6.45, 7) is 2.04. The lowest BCUT2D eigenvalue weighted by Gasteiger charge is -1.99. The summed E-state index contributed by atoms with van der Waals surface area (Å²) in [7, 11) is 0. The molecule has 0 aromatic carbocycles. The van der Waals surface area contributed by atoms with Crippen molar-refractivity contribution in [3.63, 3.8) is 0 Å². The highest BCUT2D eigenvalue weighted by atomic mass is 15.3. The second kappa shape index (κ2) is 2.82. The van der Waals surface area contributed by atoms with E-state index in [0.717, 1.165) is 12.3 Å². The third-order valence-electron chi connectivity index (χ3n) is 1.39. The van der Waals surface area contributed by atoms with Crippen LogP contribution in [0.5, 0.6) is 0 Å². The number of hydrogen-bond donors (Lipinski definition) is 2. The number of aliphatic imine (C=N–C) groups is 1. The van der Waals surface area contributed by atoms with Crippen LogP contribution in [0.1, 0.15) is 26.2 Å². The summed E-state index contributed by atoms with van der Waals surface area (Å²) in [5.74, 6) is 6.11. The van der Waals surface area contributed by atoms with Crippen LogP contribution in [-0.4, -0.2) is 11.9 Å². The summed E-state index contributed by atoms with van der Waals surface area (Å²) in [5, 5.41) is 0. The highest BCUT2D eigenvalue weighted by Crippen LogP contribution is 2.23. The number of hydrogen-bond acceptors (Lipinski definition) is 2. The molecule has 1 fully saturated rings. The van der Waals surface area contributed by atoms with E-state index in [0.29, 0.717) is 6.04 Å². The van der Waals surface area contributed by atoms with Crippen molar-refractivity contribution in [1.82, 2.24) is 5.43 Å². The molecule has 0 unspecified atom stereocenters. The first-order valence-corrected chi connectivity index (χ1v) is 3.40. The van der Waals surface area contributed by atoms with Gasteiger partial charge in [-0.25, -0.2) is 5.84 Å². The van der Waals surface area contributed by atoms with Gasteiger partial charge in [0, 0.05) is 6.42 Å². The first-order chi connectivity index (χ1) is 4.36. The van der Waals surface area contributed by atoms with Crippen molar-refractivity contribution in [1.29, 1.82) is 0 Å². The maximum atomic E-state index is 5.18. The van der Waals surface area contributed by atoms with Crippen molar-refractivity contribution in [3.8, 4) is 0 Å². The number of hydrazine groups is 1. The second-order valence-electron chi connectivity index (χ2n) is 2.30. The van der Waals surface area contributed by atoms with Crippen LogP contribution < -0.4 is 11.3 Å². The standard InChI is InChI=1S/C6H13N3/c1-2-6(9-7)8-5-3-4-5/h5H,2-4,7H2,1H3,(H,8,9). The molecular formula is C6H13N3. The molecule has 1 aliphatic rings. The van der Waals surface area contributed by atoms with Gasteiger partial charge in [0.05, 0.1) is 6.04 Å². The van der Waals surface area contributed by atoms with Crippen LogP contribution in [-0.2, 0) is 0 Å². The maximum absolute atomic E-state index is 5.18. The lowest BCUT2D eigenvalue weighted by atomic mass is 10.4. The Morgan fingerprint density at radius 3 is 2.78 bits per heavy atom. The van der Waals surface area contributed by atoms with Crippen LogP contribution in [0.25, 0.3) is 0 Å². The summed E-state index contributed by atoms with van der Waals surface area (Å²) in [5.41, 5.74) is 2.57. The number of nitrogens with zero attached hydrogens (tertiary/aromatic N) is 1. The van der Waals surface area contributed by atoms with Gasteiger partial charge in [0.15, 0.2) is 0 Å². The molecule has 0 aliphatic heterocycles. The Hall–Kier alpha value is -0.570. The van der Waals surface area contributed by atoms with E-state index in [1.807, 2.05) is 6.92 Å². The quantitative estimate of drug-likeness (QED) is 0.244. The van der Waals surface area contributed by atoms with Gasteiger partial charge in [0.2, 0.25) is 0 Å². The van der Waals surface area contributed by atoms with Crippen molar-refractivity contribution in [2.24, 2.45) is 10.8 Å². The molecule has 0 heterocycles. The van der Waals surface area contributed by atoms with Gasteiger partial charge >= 0.3 is 0 Å². The molecule has 0 spiro atoms. The molecule has 3 nitrogen and oxygen atoms in total. The van der Waals surface area contributed by atoms with Crippen LogP contribution in [0.15, 0.2) is 4.99 Å². The summed E-state index contributed by atoms with van der Waals surface area (Å²) < 4.78 is 0. The summed E-state index contributed by atoms with van der Waals surface area (Å²) >= 11 is 0. The average molecular weight is 127 g/mol. The minimum Gasteiger partial charge on any atom is -0.312 e. The Balaban J connectivity index is 2.32. The van der Waals surface area contributed by atoms with Gasteiger partial charge in [-0.2, -0.15) is 0 Å². The Bertz CT molecular complexity index is 109. The van der Waals surface area contributed by atoms with Crippen molar-refractivity contribution in [2.75, 3.05) is 0 Å². The van der Waals surface area contributed by atoms with Gasteiger partial charge in [-0.3, -0.25) is 4.99 Å². The monoisotopic (exact) mass is 127 g/mol. The SMILES string of the molecule is CCC(=NC1CC1)NN. The zero-order chi connectivity index (χ0) is 6.69. The highest BCUT2D eigenvalue weighted by Gasteiger charge is 2.20. The molecule has 0 atom stereocenters. The van der Waals surface area contributed by atoms with Gasteiger partial charge in [0.1, 0.15) is 5.84 Å². The summed E-state index contributed by atoms with van der Waals surface area (Å²) in [6, 6.07) is 0.580. The predicted octanol–water partition coefficient (Wildman–Crippen LogP) is 0.421. The molecule has 9 heavy (non-hydrogen) atoms. The molecule has 0 radical (unpaired) electrons. The number of rotatable bonds is 2. The fraction of sp³-hybridized carbons (Fsp3) is 0.833. The third kappa shape index (κ3) is 2.01. The lowest BCUT2D eigenvalue weighted by Crippen LogP contribution is -2.29. The molecule has 0 saturated heterocycles. The van der Waals surface area contributed by atoms with Gasteiger partial charge in [-0.15, -0.1) is 0 Å². The van der Waals surface area contributed by atoms with Crippen LogP contribution in [0, 0.1) is 0 Å². The first-order valence-electron chi connectivity index (χ1n) is 3.40. The Morgan fingerprint density at radius 1 is 1.78 bits per heavy atom. The third-order valence-corrected chi connectivity index (χ3v) is 1.39. The van der Waals surface area contributed by atoms with Gasteiger partial charge in [-0.1, -0.05) is 6.92 Å². The largest absolute Gasteiger partial charge is 0.312 e. The van der Waals surface area contributed by atoms with E-state index in [-0.39, 0.29) is 0 Å². The van der Waals surface area contributed by atoms with Crippen molar-refractivity contribution < 1.29 is 0 Å². The Morgan fingerprint density at radius 2 is 2.44 bits per heavy atom. The normalized spacial score (nSPS) is 20.0. The minimum absolute atomic E-state index is 0.580. The molecular weight excluding hydrogens is 114 g/mol. The second-order valence-corrected chi connectivity index (χ2v) is 2.30. The Kier molecular flexibility index (Phi) is 2.05. The predicted molar refractivity (Wildman–Crippen MR) is 38.1 cm³/mol. The molecule has 1 aliphatic carbocycles. The lowest BCUT2D eigenvalue weighted by molar-refractivity contribution is 0.932. The first kappa shape index (κ1) is 6.55. The molecule has 1 saturated carbocycles. The van der Waals surface area contributed by atoms with Crippen LogP contribution in [0.2, 0.25) is 0 Å². The zero-order valence-corrected chi connectivity index (χ0v) is 5.72. The van der Waals surface area contributed by atoms with Crippen molar-refractivity contribution in [2.45, 2.75) is 32.2 Å². The number of nitrogens with one attached hydrogen (secondary N) is 1. The van der Waals surface area contributed by atoms with E-state index in [4.69, 9.17) is 5.84 Å². The molecule has 3 N–H and O–H groups in total. The number of amidine groups is 1. The van der Waals surface area contributed by atoms with E-state index in [1.165, 1.54) is 12.8 Å². The smallest absolute Gasteiger partial charge is 0.110 e. The van der Waals surface area contributed by atoms with Crippen LogP contribution >= 0.6 is 0 Å². The highest BCUT2D eigenvalue weighted by molar-refractivity contribution is 5.81. The molecule has 0 aromatic rings. The van der Waals surface area contributed by atoms with E-state index in [1.54, 1.807) is 0 Å². The van der Waals surface area contributed by atoms with Gasteiger partial charge in [0.25, 0.3) is 0 Å². The topological polar surface area (TPSA) is 50.4 Å². The van der Waals surface area contributed by atoms with Gasteiger partial charge in [-0.05, 0) is 12.8 Å². The summed E-state index contributed by atoms with van der Waals surface area (Å²) in [4.78, 5) is 4.31. The minimum atomic E-state index is 0.580. The van der Waals surface area contributed by atoms with Crippen LogP contribution in [0.3, 0.4) is 0 Å². The molecule has 0 bridgehead atoms. The number of nitrogens with two attached hydrogens (primary N) is 1. The molecule has 0 amide bonds. The van der Waals surface area contributed by atoms with E-state index in [9.17, 15) is 0 Å². The average Bonchev–Trinajstić information content (AvgIpc) is 2.66. The molecule has 1 rings (SSSR count). The zero-order valence-electron chi connectivity index (χ0n) is 5.72. The van der Waals surface area contributed by atoms with Crippen LogP contribution in [0.4, 0.5) is 0 Å². The Labute approximate surface area is 55.3 Å². The van der Waals surface area contributed by atoms with Crippen molar-refractivity contribution >= 4 is 5.84 Å². The fourth-order valence-corrected chi connectivity index (χ4v) is 0.655. The van der Waals surface area contributed by atoms with E-state index < -0.39 is 0 Å². The van der Waals surface area contributed by atoms with E-state index >= 15 is 0 Å². The summed E-state index contributed by atoms with van der Waals surface area (Å²) in [6.07, 6.45) is 3.39. The fourth-order valence-electron chi connectivity index (χ4n) is 0.655. The van der Waals surface area contributed by atoms with E-state index in [2.05, 4.69) is 10.4 Å². The van der Waals surface area contributed by atoms with Crippen molar-refractivity contribution in [3.05, 3.63) is 0 Å².